The minimum Gasteiger partial charge on any atom is -0.370 e. The lowest BCUT2D eigenvalue weighted by Crippen LogP contribution is -2.35. The van der Waals surface area contributed by atoms with Crippen molar-refractivity contribution in [3.05, 3.63) is 23.8 Å². The van der Waals surface area contributed by atoms with Crippen molar-refractivity contribution in [1.29, 1.82) is 0 Å². The standard InChI is InChI=1S/C22H28F3N3O2/c23-22(24,25)16-8-9-19(27-10-4-1-5-11-27)18(13-16)26-21(30)15-12-20(29)28(14-15)17-6-2-3-7-17/h8-9,13,15,17H,1-7,10-12,14H2,(H,26,30)/t15-/m0/s1. The Bertz CT molecular complexity index is 799. The van der Waals surface area contributed by atoms with Crippen LogP contribution >= 0.6 is 0 Å². The van der Waals surface area contributed by atoms with E-state index in [0.717, 1.165) is 70.2 Å². The Hall–Kier alpha value is -2.25. The average Bonchev–Trinajstić information content (AvgIpc) is 3.37. The fraction of sp³-hybridized carbons (Fsp3) is 0.636. The molecule has 3 fully saturated rings. The van der Waals surface area contributed by atoms with Crippen molar-refractivity contribution in [1.82, 2.24) is 4.90 Å². The zero-order valence-electron chi connectivity index (χ0n) is 17.0. The number of anilines is 2. The third-order valence-corrected chi connectivity index (χ3v) is 6.57. The molecule has 1 aliphatic carbocycles. The van der Waals surface area contributed by atoms with Crippen LogP contribution in [-0.4, -0.2) is 42.4 Å². The van der Waals surface area contributed by atoms with Crippen LogP contribution in [0.5, 0.6) is 0 Å². The predicted molar refractivity (Wildman–Crippen MR) is 108 cm³/mol. The molecule has 1 atom stereocenters. The molecule has 164 valence electrons. The van der Waals surface area contributed by atoms with Crippen molar-refractivity contribution in [2.75, 3.05) is 29.9 Å². The van der Waals surface area contributed by atoms with E-state index in [2.05, 4.69) is 5.32 Å². The summed E-state index contributed by atoms with van der Waals surface area (Å²) in [5, 5.41) is 2.73. The number of nitrogens with zero attached hydrogens (tertiary/aromatic N) is 2. The number of alkyl halides is 3. The Morgan fingerprint density at radius 1 is 1.03 bits per heavy atom. The second-order valence-electron chi connectivity index (χ2n) is 8.65. The van der Waals surface area contributed by atoms with Crippen LogP contribution in [0.1, 0.15) is 56.9 Å². The lowest BCUT2D eigenvalue weighted by Gasteiger charge is -2.31. The summed E-state index contributed by atoms with van der Waals surface area (Å²) in [5.74, 6) is -0.925. The topological polar surface area (TPSA) is 52.7 Å². The third-order valence-electron chi connectivity index (χ3n) is 6.57. The number of hydrogen-bond acceptors (Lipinski definition) is 3. The van der Waals surface area contributed by atoms with Gasteiger partial charge in [0.1, 0.15) is 0 Å². The molecule has 4 rings (SSSR count). The molecular formula is C22H28F3N3O2. The van der Waals surface area contributed by atoms with Gasteiger partial charge in [0.2, 0.25) is 11.8 Å². The lowest BCUT2D eigenvalue weighted by atomic mass is 10.1. The van der Waals surface area contributed by atoms with E-state index in [-0.39, 0.29) is 30.0 Å². The molecule has 0 radical (unpaired) electrons. The largest absolute Gasteiger partial charge is 0.416 e. The van der Waals surface area contributed by atoms with E-state index in [9.17, 15) is 22.8 Å². The molecular weight excluding hydrogens is 395 g/mol. The normalized spacial score (nSPS) is 23.3. The van der Waals surface area contributed by atoms with E-state index in [4.69, 9.17) is 0 Å². The summed E-state index contributed by atoms with van der Waals surface area (Å²) in [6, 6.07) is 3.75. The van der Waals surface area contributed by atoms with Crippen molar-refractivity contribution in [2.24, 2.45) is 5.92 Å². The first-order chi connectivity index (χ1) is 14.3. The van der Waals surface area contributed by atoms with Gasteiger partial charge in [-0.3, -0.25) is 9.59 Å². The summed E-state index contributed by atoms with van der Waals surface area (Å²) in [6.45, 7) is 1.87. The minimum atomic E-state index is -4.48. The van der Waals surface area contributed by atoms with Gasteiger partial charge in [0.15, 0.2) is 0 Å². The van der Waals surface area contributed by atoms with Gasteiger partial charge in [-0.25, -0.2) is 0 Å². The molecule has 3 aliphatic rings. The van der Waals surface area contributed by atoms with Gasteiger partial charge in [0.25, 0.3) is 0 Å². The van der Waals surface area contributed by atoms with Crippen molar-refractivity contribution >= 4 is 23.2 Å². The number of carbonyl (C=O) groups excluding carboxylic acids is 2. The van der Waals surface area contributed by atoms with E-state index in [1.165, 1.54) is 6.07 Å². The van der Waals surface area contributed by atoms with Crippen LogP contribution in [-0.2, 0) is 15.8 Å². The van der Waals surface area contributed by atoms with Crippen LogP contribution in [0, 0.1) is 5.92 Å². The smallest absolute Gasteiger partial charge is 0.370 e. The molecule has 0 spiro atoms. The van der Waals surface area contributed by atoms with Gasteiger partial charge >= 0.3 is 6.18 Å². The molecule has 1 aromatic carbocycles. The molecule has 0 aromatic heterocycles. The first-order valence-electron chi connectivity index (χ1n) is 10.9. The monoisotopic (exact) mass is 423 g/mol. The van der Waals surface area contributed by atoms with Crippen LogP contribution in [0.15, 0.2) is 18.2 Å². The van der Waals surface area contributed by atoms with Crippen LogP contribution in [0.25, 0.3) is 0 Å². The third kappa shape index (κ3) is 4.42. The molecule has 8 heteroatoms. The number of amides is 2. The quantitative estimate of drug-likeness (QED) is 0.780. The van der Waals surface area contributed by atoms with Gasteiger partial charge in [-0.05, 0) is 50.3 Å². The summed E-state index contributed by atoms with van der Waals surface area (Å²) < 4.78 is 39.8. The Labute approximate surface area is 174 Å². The summed E-state index contributed by atoms with van der Waals surface area (Å²) in [7, 11) is 0. The number of nitrogens with one attached hydrogen (secondary N) is 1. The minimum absolute atomic E-state index is 0.0256. The molecule has 1 aromatic rings. The summed E-state index contributed by atoms with van der Waals surface area (Å²) in [5.41, 5.74) is 0.0187. The van der Waals surface area contributed by atoms with E-state index in [1.54, 1.807) is 4.90 Å². The second-order valence-corrected chi connectivity index (χ2v) is 8.65. The van der Waals surface area contributed by atoms with Crippen molar-refractivity contribution in [3.63, 3.8) is 0 Å². The van der Waals surface area contributed by atoms with Gasteiger partial charge in [-0.15, -0.1) is 0 Å². The van der Waals surface area contributed by atoms with Gasteiger partial charge in [0, 0.05) is 32.1 Å². The molecule has 1 N–H and O–H groups in total. The van der Waals surface area contributed by atoms with E-state index in [1.807, 2.05) is 4.90 Å². The highest BCUT2D eigenvalue weighted by atomic mass is 19.4. The van der Waals surface area contributed by atoms with Crippen LogP contribution in [0.3, 0.4) is 0 Å². The highest BCUT2D eigenvalue weighted by Gasteiger charge is 2.39. The van der Waals surface area contributed by atoms with Crippen molar-refractivity contribution in [2.45, 2.75) is 63.6 Å². The maximum atomic E-state index is 13.3. The zero-order chi connectivity index (χ0) is 21.3. The first kappa shape index (κ1) is 21.0. The first-order valence-corrected chi connectivity index (χ1v) is 10.9. The second kappa shape index (κ2) is 8.47. The van der Waals surface area contributed by atoms with E-state index in [0.29, 0.717) is 12.2 Å². The zero-order valence-corrected chi connectivity index (χ0v) is 17.0. The number of rotatable bonds is 4. The van der Waals surface area contributed by atoms with Crippen molar-refractivity contribution < 1.29 is 22.8 Å². The van der Waals surface area contributed by atoms with Crippen LogP contribution < -0.4 is 10.2 Å². The van der Waals surface area contributed by atoms with Crippen LogP contribution in [0.2, 0.25) is 0 Å². The predicted octanol–water partition coefficient (Wildman–Crippen LogP) is 4.43. The van der Waals surface area contributed by atoms with E-state index < -0.39 is 17.7 Å². The lowest BCUT2D eigenvalue weighted by molar-refractivity contribution is -0.137. The molecule has 0 bridgehead atoms. The fourth-order valence-electron chi connectivity index (χ4n) is 4.93. The number of piperidine rings is 1. The number of halogens is 3. The van der Waals surface area contributed by atoms with Gasteiger partial charge in [0.05, 0.1) is 22.9 Å². The summed E-state index contributed by atoms with van der Waals surface area (Å²) >= 11 is 0. The van der Waals surface area contributed by atoms with Crippen LogP contribution in [0.4, 0.5) is 24.5 Å². The summed E-state index contributed by atoms with van der Waals surface area (Å²) in [4.78, 5) is 29.2. The van der Waals surface area contributed by atoms with E-state index >= 15 is 0 Å². The molecule has 30 heavy (non-hydrogen) atoms. The Kier molecular flexibility index (Phi) is 5.93. The Morgan fingerprint density at radius 2 is 1.73 bits per heavy atom. The van der Waals surface area contributed by atoms with Gasteiger partial charge < -0.3 is 15.1 Å². The molecule has 1 saturated carbocycles. The average molecular weight is 423 g/mol. The molecule has 5 nitrogen and oxygen atoms in total. The highest BCUT2D eigenvalue weighted by molar-refractivity contribution is 5.99. The molecule has 2 saturated heterocycles. The fourth-order valence-corrected chi connectivity index (χ4v) is 4.93. The number of benzene rings is 1. The molecule has 2 amide bonds. The Morgan fingerprint density at radius 3 is 2.40 bits per heavy atom. The SMILES string of the molecule is O=C(Nc1cc(C(F)(F)F)ccc1N1CCCCC1)[C@H]1CC(=O)N(C2CCCC2)C1. The molecule has 2 aliphatic heterocycles. The van der Waals surface area contributed by atoms with Gasteiger partial charge in [-0.2, -0.15) is 13.2 Å². The Balaban J connectivity index is 1.53. The maximum absolute atomic E-state index is 13.3. The molecule has 2 heterocycles. The highest BCUT2D eigenvalue weighted by Crippen LogP contribution is 2.37. The van der Waals surface area contributed by atoms with Crippen molar-refractivity contribution in [3.8, 4) is 0 Å². The maximum Gasteiger partial charge on any atom is 0.416 e. The number of carbonyl (C=O) groups is 2. The van der Waals surface area contributed by atoms with Gasteiger partial charge in [-0.1, -0.05) is 12.8 Å². The number of hydrogen-bond donors (Lipinski definition) is 1. The summed E-state index contributed by atoms with van der Waals surface area (Å²) in [6.07, 6.45) is 2.80. The molecule has 0 unspecified atom stereocenters. The number of likely N-dealkylation sites (tertiary alicyclic amines) is 1.